The minimum absolute atomic E-state index is 0.315. The van der Waals surface area contributed by atoms with E-state index in [4.69, 9.17) is 4.74 Å². The fourth-order valence-electron chi connectivity index (χ4n) is 3.17. The van der Waals surface area contributed by atoms with E-state index in [9.17, 15) is 13.2 Å². The zero-order valence-electron chi connectivity index (χ0n) is 14.1. The highest BCUT2D eigenvalue weighted by molar-refractivity contribution is 5.30. The third kappa shape index (κ3) is 5.43. The van der Waals surface area contributed by atoms with Crippen LogP contribution in [0.15, 0.2) is 48.3 Å². The van der Waals surface area contributed by atoms with Crippen LogP contribution in [0.3, 0.4) is 0 Å². The van der Waals surface area contributed by atoms with Crippen LogP contribution in [0.5, 0.6) is 5.75 Å². The molecule has 0 heterocycles. The lowest BCUT2D eigenvalue weighted by molar-refractivity contribution is 0.281. The van der Waals surface area contributed by atoms with Crippen LogP contribution < -0.4 is 4.74 Å². The summed E-state index contributed by atoms with van der Waals surface area (Å²) >= 11 is 0. The summed E-state index contributed by atoms with van der Waals surface area (Å²) in [5.74, 6) is -0.686. The van der Waals surface area contributed by atoms with Crippen molar-refractivity contribution in [3.05, 3.63) is 53.9 Å². The molecule has 24 heavy (non-hydrogen) atoms. The van der Waals surface area contributed by atoms with Gasteiger partial charge in [-0.2, -0.15) is 8.78 Å². The summed E-state index contributed by atoms with van der Waals surface area (Å²) in [6.07, 6.45) is 6.61. The predicted octanol–water partition coefficient (Wildman–Crippen LogP) is 6.77. The van der Waals surface area contributed by atoms with Gasteiger partial charge >= 0.3 is 6.08 Å². The van der Waals surface area contributed by atoms with Gasteiger partial charge in [-0.15, -0.1) is 0 Å². The quantitative estimate of drug-likeness (QED) is 0.498. The molecule has 1 aliphatic rings. The minimum Gasteiger partial charge on any atom is -0.490 e. The minimum atomic E-state index is -2.16. The number of rotatable bonds is 7. The molecule has 1 nitrogen and oxygen atoms in total. The Morgan fingerprint density at radius 3 is 2.29 bits per heavy atom. The van der Waals surface area contributed by atoms with E-state index < -0.39 is 17.8 Å². The van der Waals surface area contributed by atoms with E-state index in [-0.39, 0.29) is 0 Å². The van der Waals surface area contributed by atoms with Crippen molar-refractivity contribution >= 4 is 0 Å². The lowest BCUT2D eigenvalue weighted by Crippen LogP contribution is -2.14. The molecule has 0 aromatic heterocycles. The van der Waals surface area contributed by atoms with Crippen molar-refractivity contribution in [1.82, 2.24) is 0 Å². The van der Waals surface area contributed by atoms with Crippen molar-refractivity contribution in [1.29, 1.82) is 0 Å². The van der Waals surface area contributed by atoms with Gasteiger partial charge in [0.2, 0.25) is 0 Å². The summed E-state index contributed by atoms with van der Waals surface area (Å²) in [5.41, 5.74) is 1.17. The maximum absolute atomic E-state index is 13.3. The van der Waals surface area contributed by atoms with Crippen LogP contribution in [-0.2, 0) is 0 Å². The molecule has 0 atom stereocenters. The molecule has 0 aliphatic heterocycles. The normalized spacial score (nSPS) is 21.0. The van der Waals surface area contributed by atoms with Gasteiger partial charge in [-0.25, -0.2) is 4.39 Å². The lowest BCUT2D eigenvalue weighted by atomic mass is 9.78. The van der Waals surface area contributed by atoms with Crippen LogP contribution in [0, 0.1) is 5.92 Å². The highest BCUT2D eigenvalue weighted by Crippen LogP contribution is 2.40. The highest BCUT2D eigenvalue weighted by Gasteiger charge is 2.27. The molecule has 1 saturated carbocycles. The summed E-state index contributed by atoms with van der Waals surface area (Å²) in [6.45, 7) is 2.70. The van der Waals surface area contributed by atoms with Crippen molar-refractivity contribution in [2.45, 2.75) is 51.4 Å². The van der Waals surface area contributed by atoms with E-state index in [2.05, 4.69) is 13.0 Å². The van der Waals surface area contributed by atoms with Gasteiger partial charge in [-0.1, -0.05) is 37.6 Å². The van der Waals surface area contributed by atoms with Gasteiger partial charge < -0.3 is 4.74 Å². The SMILES string of the molecule is CCC/C=C/COc1ccc(C2CCC(C(F)=C(F)F)CC2)cc1. The Morgan fingerprint density at radius 2 is 1.71 bits per heavy atom. The molecule has 2 rings (SSSR count). The van der Waals surface area contributed by atoms with Crippen molar-refractivity contribution in [3.63, 3.8) is 0 Å². The second-order valence-electron chi connectivity index (χ2n) is 6.30. The van der Waals surface area contributed by atoms with E-state index in [0.29, 0.717) is 25.4 Å². The van der Waals surface area contributed by atoms with Gasteiger partial charge in [-0.3, -0.25) is 0 Å². The smallest absolute Gasteiger partial charge is 0.301 e. The zero-order valence-corrected chi connectivity index (χ0v) is 14.1. The summed E-state index contributed by atoms with van der Waals surface area (Å²) in [4.78, 5) is 0. The number of hydrogen-bond acceptors (Lipinski definition) is 1. The van der Waals surface area contributed by atoms with Gasteiger partial charge in [-0.05, 0) is 55.7 Å². The Balaban J connectivity index is 1.83. The summed E-state index contributed by atoms with van der Waals surface area (Å²) in [6, 6.07) is 7.93. The van der Waals surface area contributed by atoms with Crippen LogP contribution in [0.25, 0.3) is 0 Å². The first-order valence-electron chi connectivity index (χ1n) is 8.70. The number of ether oxygens (including phenoxy) is 1. The molecule has 1 aromatic carbocycles. The van der Waals surface area contributed by atoms with E-state index in [1.807, 2.05) is 30.3 Å². The van der Waals surface area contributed by atoms with Gasteiger partial charge in [0.1, 0.15) is 12.4 Å². The fraction of sp³-hybridized carbons (Fsp3) is 0.500. The average Bonchev–Trinajstić information content (AvgIpc) is 2.61. The third-order valence-corrected chi connectivity index (χ3v) is 4.59. The standard InChI is InChI=1S/C20H25F3O/c1-2-3-4-5-14-24-18-12-10-16(11-13-18)15-6-8-17(9-7-15)19(21)20(22)23/h4-5,10-13,15,17H,2-3,6-9,14H2,1H3/b5-4+. The number of allylic oxidation sites excluding steroid dienone is 2. The molecule has 0 amide bonds. The molecule has 132 valence electrons. The molecule has 1 aliphatic carbocycles. The molecule has 0 unspecified atom stereocenters. The predicted molar refractivity (Wildman–Crippen MR) is 91.0 cm³/mol. The molecule has 1 aromatic rings. The van der Waals surface area contributed by atoms with Crippen molar-refractivity contribution in [2.75, 3.05) is 6.61 Å². The molecule has 1 fully saturated rings. The Morgan fingerprint density at radius 1 is 1.04 bits per heavy atom. The zero-order chi connectivity index (χ0) is 17.4. The number of benzene rings is 1. The fourth-order valence-corrected chi connectivity index (χ4v) is 3.17. The largest absolute Gasteiger partial charge is 0.490 e. The summed E-state index contributed by atoms with van der Waals surface area (Å²) in [7, 11) is 0. The number of hydrogen-bond donors (Lipinski definition) is 0. The first-order chi connectivity index (χ1) is 11.6. The van der Waals surface area contributed by atoms with Crippen LogP contribution in [-0.4, -0.2) is 6.61 Å². The van der Waals surface area contributed by atoms with Crippen molar-refractivity contribution in [3.8, 4) is 5.75 Å². The Labute approximate surface area is 142 Å². The Kier molecular flexibility index (Phi) is 7.41. The second kappa shape index (κ2) is 9.55. The summed E-state index contributed by atoms with van der Waals surface area (Å²) in [5, 5.41) is 0. The molecular formula is C20H25F3O. The van der Waals surface area contributed by atoms with E-state index >= 15 is 0 Å². The monoisotopic (exact) mass is 338 g/mol. The Bertz CT molecular complexity index is 551. The summed E-state index contributed by atoms with van der Waals surface area (Å²) < 4.78 is 43.6. The van der Waals surface area contributed by atoms with Crippen LogP contribution in [0.1, 0.15) is 56.9 Å². The van der Waals surface area contributed by atoms with Crippen LogP contribution in [0.4, 0.5) is 13.2 Å². The lowest BCUT2D eigenvalue weighted by Gasteiger charge is -2.27. The molecular weight excluding hydrogens is 313 g/mol. The molecule has 0 radical (unpaired) electrons. The molecule has 0 spiro atoms. The van der Waals surface area contributed by atoms with E-state index in [1.54, 1.807) is 0 Å². The average molecular weight is 338 g/mol. The maximum Gasteiger partial charge on any atom is 0.301 e. The maximum atomic E-state index is 13.3. The topological polar surface area (TPSA) is 9.23 Å². The number of halogens is 3. The van der Waals surface area contributed by atoms with Gasteiger partial charge in [0, 0.05) is 5.92 Å². The highest BCUT2D eigenvalue weighted by atomic mass is 19.3. The van der Waals surface area contributed by atoms with E-state index in [0.717, 1.165) is 31.4 Å². The molecule has 0 bridgehead atoms. The Hall–Kier alpha value is -1.71. The number of unbranched alkanes of at least 4 members (excludes halogenated alkanes) is 1. The molecule has 0 saturated heterocycles. The van der Waals surface area contributed by atoms with Gasteiger partial charge in [0.15, 0.2) is 5.83 Å². The second-order valence-corrected chi connectivity index (χ2v) is 6.30. The van der Waals surface area contributed by atoms with Gasteiger partial charge in [0.25, 0.3) is 0 Å². The molecule has 0 N–H and O–H groups in total. The first-order valence-corrected chi connectivity index (χ1v) is 8.70. The van der Waals surface area contributed by atoms with Crippen molar-refractivity contribution < 1.29 is 17.9 Å². The van der Waals surface area contributed by atoms with Gasteiger partial charge in [0.05, 0.1) is 0 Å². The first kappa shape index (κ1) is 18.6. The van der Waals surface area contributed by atoms with Crippen LogP contribution >= 0.6 is 0 Å². The molecule has 4 heteroatoms. The van der Waals surface area contributed by atoms with Crippen LogP contribution in [0.2, 0.25) is 0 Å². The van der Waals surface area contributed by atoms with E-state index in [1.165, 1.54) is 5.56 Å². The van der Waals surface area contributed by atoms with Crippen molar-refractivity contribution in [2.24, 2.45) is 5.92 Å². The third-order valence-electron chi connectivity index (χ3n) is 4.59.